The molecule has 182 valence electrons. The lowest BCUT2D eigenvalue weighted by Gasteiger charge is -2.30. The van der Waals surface area contributed by atoms with E-state index in [0.29, 0.717) is 50.1 Å². The van der Waals surface area contributed by atoms with E-state index in [1.807, 2.05) is 49.5 Å². The summed E-state index contributed by atoms with van der Waals surface area (Å²) in [6, 6.07) is 22.3. The van der Waals surface area contributed by atoms with Crippen LogP contribution in [0.4, 0.5) is 0 Å². The van der Waals surface area contributed by atoms with Gasteiger partial charge in [0.25, 0.3) is 5.88 Å². The van der Waals surface area contributed by atoms with Crippen molar-refractivity contribution in [2.45, 2.75) is 12.2 Å². The second-order valence-electron chi connectivity index (χ2n) is 8.38. The van der Waals surface area contributed by atoms with Gasteiger partial charge in [-0.2, -0.15) is 0 Å². The second kappa shape index (κ2) is 9.82. The summed E-state index contributed by atoms with van der Waals surface area (Å²) in [4.78, 5) is 8.83. The fourth-order valence-corrected chi connectivity index (χ4v) is 4.68. The first-order valence-electron chi connectivity index (χ1n) is 11.2. The van der Waals surface area contributed by atoms with E-state index in [9.17, 15) is 5.11 Å². The van der Waals surface area contributed by atoms with Crippen LogP contribution in [0.5, 0.6) is 11.6 Å². The quantitative estimate of drug-likeness (QED) is 0.279. The van der Waals surface area contributed by atoms with Crippen molar-refractivity contribution in [3.05, 3.63) is 118 Å². The van der Waals surface area contributed by atoms with E-state index in [1.165, 1.54) is 7.11 Å². The number of rotatable bonds is 7. The van der Waals surface area contributed by atoms with Crippen molar-refractivity contribution in [2.75, 3.05) is 7.11 Å². The number of imidazole rings is 1. The monoisotopic (exact) mass is 519 g/mol. The zero-order valence-electron chi connectivity index (χ0n) is 19.7. The Kier molecular flexibility index (Phi) is 6.58. The van der Waals surface area contributed by atoms with Crippen molar-refractivity contribution in [1.82, 2.24) is 14.5 Å². The summed E-state index contributed by atoms with van der Waals surface area (Å²) in [5.41, 5.74) is 1.87. The number of hydrogen-bond acceptors (Lipinski definition) is 5. The highest BCUT2D eigenvalue weighted by atomic mass is 35.5. The van der Waals surface area contributed by atoms with Gasteiger partial charge in [0.1, 0.15) is 6.61 Å². The smallest absolute Gasteiger partial charge is 0.258 e. The molecule has 0 amide bonds. The maximum Gasteiger partial charge on any atom is 0.258 e. The number of fused-ring (bicyclic) bond motifs is 1. The Morgan fingerprint density at radius 2 is 1.69 bits per heavy atom. The van der Waals surface area contributed by atoms with E-state index in [4.69, 9.17) is 32.7 Å². The standard InChI is InChI=1S/C28H23Cl2N3O3/c1-33-17-31-15-24(33)28(34,19-8-11-21(29)12-9-19)20-10-13-23-22(14-20)25(30)26(27(32-23)35-2)36-16-18-6-4-3-5-7-18/h3-15,17,34H,16H2,1-2H3. The number of methoxy groups -OCH3 is 1. The Bertz CT molecular complexity index is 1520. The molecule has 1 atom stereocenters. The van der Waals surface area contributed by atoms with Crippen LogP contribution in [-0.2, 0) is 19.3 Å². The third-order valence-corrected chi connectivity index (χ3v) is 6.76. The minimum Gasteiger partial charge on any atom is -0.482 e. The molecule has 6 nitrogen and oxygen atoms in total. The van der Waals surface area contributed by atoms with Crippen molar-refractivity contribution >= 4 is 34.1 Å². The number of aryl methyl sites for hydroxylation is 1. The van der Waals surface area contributed by atoms with Gasteiger partial charge in [0.15, 0.2) is 5.60 Å². The first-order chi connectivity index (χ1) is 17.4. The Morgan fingerprint density at radius 1 is 0.972 bits per heavy atom. The van der Waals surface area contributed by atoms with Crippen molar-refractivity contribution in [1.29, 1.82) is 0 Å². The Hall–Kier alpha value is -3.58. The van der Waals surface area contributed by atoms with Gasteiger partial charge in [-0.15, -0.1) is 0 Å². The maximum absolute atomic E-state index is 12.2. The molecule has 1 N–H and O–H groups in total. The Labute approximate surface area is 218 Å². The van der Waals surface area contributed by atoms with Gasteiger partial charge in [0.2, 0.25) is 5.75 Å². The van der Waals surface area contributed by atoms with Gasteiger partial charge in [-0.1, -0.05) is 71.7 Å². The summed E-state index contributed by atoms with van der Waals surface area (Å²) < 4.78 is 13.3. The molecule has 0 saturated heterocycles. The number of pyridine rings is 1. The van der Waals surface area contributed by atoms with Crippen LogP contribution >= 0.6 is 23.2 Å². The zero-order valence-corrected chi connectivity index (χ0v) is 21.2. The van der Waals surface area contributed by atoms with E-state index in [0.717, 1.165) is 5.56 Å². The number of ether oxygens (including phenoxy) is 2. The van der Waals surface area contributed by atoms with Gasteiger partial charge >= 0.3 is 0 Å². The van der Waals surface area contributed by atoms with Crippen molar-refractivity contribution in [3.8, 4) is 11.6 Å². The van der Waals surface area contributed by atoms with Gasteiger partial charge < -0.3 is 19.1 Å². The SMILES string of the molecule is COc1nc2ccc(C(O)(c3ccc(Cl)cc3)c3cncn3C)cc2c(Cl)c1OCc1ccccc1. The highest BCUT2D eigenvalue weighted by molar-refractivity contribution is 6.37. The average Bonchev–Trinajstić information content (AvgIpc) is 3.34. The molecule has 5 rings (SSSR count). The molecule has 0 aliphatic carbocycles. The van der Waals surface area contributed by atoms with Crippen LogP contribution in [0.25, 0.3) is 10.9 Å². The third-order valence-electron chi connectivity index (χ3n) is 6.14. The molecule has 2 heterocycles. The van der Waals surface area contributed by atoms with Crippen molar-refractivity contribution in [2.24, 2.45) is 7.05 Å². The van der Waals surface area contributed by atoms with E-state index in [2.05, 4.69) is 9.97 Å². The average molecular weight is 520 g/mol. The summed E-state index contributed by atoms with van der Waals surface area (Å²) in [6.45, 7) is 0.299. The summed E-state index contributed by atoms with van der Waals surface area (Å²) >= 11 is 13.0. The predicted octanol–water partition coefficient (Wildman–Crippen LogP) is 6.15. The topological polar surface area (TPSA) is 69.4 Å². The Morgan fingerprint density at radius 3 is 2.36 bits per heavy atom. The molecule has 0 spiro atoms. The van der Waals surface area contributed by atoms with Gasteiger partial charge in [-0.05, 0) is 41.0 Å². The van der Waals surface area contributed by atoms with Gasteiger partial charge in [-0.3, -0.25) is 0 Å². The molecule has 0 bridgehead atoms. The molecule has 0 radical (unpaired) electrons. The molecule has 8 heteroatoms. The number of benzene rings is 3. The van der Waals surface area contributed by atoms with E-state index < -0.39 is 5.60 Å². The van der Waals surface area contributed by atoms with Gasteiger partial charge in [0, 0.05) is 17.5 Å². The highest BCUT2D eigenvalue weighted by Gasteiger charge is 2.37. The van der Waals surface area contributed by atoms with E-state index >= 15 is 0 Å². The molecular weight excluding hydrogens is 497 g/mol. The van der Waals surface area contributed by atoms with E-state index in [1.54, 1.807) is 47.4 Å². The van der Waals surface area contributed by atoms with Crippen LogP contribution in [0.1, 0.15) is 22.4 Å². The minimum atomic E-state index is -1.53. The summed E-state index contributed by atoms with van der Waals surface area (Å²) in [5.74, 6) is 0.624. The fourth-order valence-electron chi connectivity index (χ4n) is 4.26. The highest BCUT2D eigenvalue weighted by Crippen LogP contribution is 2.43. The van der Waals surface area contributed by atoms with E-state index in [-0.39, 0.29) is 5.88 Å². The molecular formula is C28H23Cl2N3O3. The minimum absolute atomic E-state index is 0.288. The van der Waals surface area contributed by atoms with Crippen LogP contribution in [0.3, 0.4) is 0 Å². The molecule has 5 aromatic rings. The molecule has 0 fully saturated rings. The lowest BCUT2D eigenvalue weighted by molar-refractivity contribution is 0.117. The molecule has 1 unspecified atom stereocenters. The van der Waals surface area contributed by atoms with Crippen LogP contribution in [-0.4, -0.2) is 26.8 Å². The summed E-state index contributed by atoms with van der Waals surface area (Å²) in [7, 11) is 3.36. The molecule has 0 aliphatic rings. The molecule has 0 saturated carbocycles. The fraction of sp³-hybridized carbons (Fsp3) is 0.143. The normalized spacial score (nSPS) is 12.9. The van der Waals surface area contributed by atoms with Crippen LogP contribution in [0.2, 0.25) is 10.0 Å². The van der Waals surface area contributed by atoms with Gasteiger partial charge in [-0.25, -0.2) is 9.97 Å². The molecule has 3 aromatic carbocycles. The van der Waals surface area contributed by atoms with Crippen molar-refractivity contribution < 1.29 is 14.6 Å². The second-order valence-corrected chi connectivity index (χ2v) is 9.19. The molecule has 2 aromatic heterocycles. The van der Waals surface area contributed by atoms with Crippen molar-refractivity contribution in [3.63, 3.8) is 0 Å². The Balaban J connectivity index is 1.66. The first-order valence-corrected chi connectivity index (χ1v) is 12.0. The first kappa shape index (κ1) is 24.1. The predicted molar refractivity (Wildman–Crippen MR) is 141 cm³/mol. The largest absolute Gasteiger partial charge is 0.482 e. The van der Waals surface area contributed by atoms with Gasteiger partial charge in [0.05, 0.1) is 35.9 Å². The number of aromatic nitrogens is 3. The lowest BCUT2D eigenvalue weighted by Crippen LogP contribution is -2.31. The summed E-state index contributed by atoms with van der Waals surface area (Å²) in [5, 5.41) is 13.8. The zero-order chi connectivity index (χ0) is 25.3. The third kappa shape index (κ3) is 4.28. The maximum atomic E-state index is 12.2. The number of hydrogen-bond donors (Lipinski definition) is 1. The molecule has 36 heavy (non-hydrogen) atoms. The molecule has 0 aliphatic heterocycles. The number of nitrogens with zero attached hydrogens (tertiary/aromatic N) is 3. The van der Waals surface area contributed by atoms with Crippen LogP contribution in [0.15, 0.2) is 85.3 Å². The summed E-state index contributed by atoms with van der Waals surface area (Å²) in [6.07, 6.45) is 3.28. The lowest BCUT2D eigenvalue weighted by atomic mass is 9.83. The van der Waals surface area contributed by atoms with Crippen LogP contribution in [0, 0.1) is 0 Å². The number of aliphatic hydroxyl groups is 1. The van der Waals surface area contributed by atoms with Crippen LogP contribution < -0.4 is 9.47 Å². The number of halogens is 2.